The van der Waals surface area contributed by atoms with E-state index in [1.807, 2.05) is 0 Å². The summed E-state index contributed by atoms with van der Waals surface area (Å²) < 4.78 is 8.74. The Morgan fingerprint density at radius 3 is 1.07 bits per heavy atom. The van der Waals surface area contributed by atoms with Crippen LogP contribution in [0, 0.1) is 0 Å². The van der Waals surface area contributed by atoms with Crippen molar-refractivity contribution < 1.29 is 14.4 Å². The molecule has 0 aromatic heterocycles. The molecule has 1 aliphatic rings. The third kappa shape index (κ3) is 57.5. The van der Waals surface area contributed by atoms with Gasteiger partial charge >= 0.3 is 8.25 Å². The molecule has 5 nitrogen and oxygen atoms in total. The van der Waals surface area contributed by atoms with Gasteiger partial charge in [0.15, 0.2) is 0 Å². The quantitative estimate of drug-likeness (QED) is 0.515. The zero-order valence-electron chi connectivity index (χ0n) is 9.46. The van der Waals surface area contributed by atoms with Crippen LogP contribution in [0.25, 0.3) is 0 Å². The van der Waals surface area contributed by atoms with E-state index in [1.54, 1.807) is 0 Å². The Balaban J connectivity index is -0.0000000500. The highest BCUT2D eigenvalue weighted by Crippen LogP contribution is 2.15. The van der Waals surface area contributed by atoms with Crippen LogP contribution in [0.15, 0.2) is 0 Å². The predicted octanol–water partition coefficient (Wildman–Crippen LogP) is 3.05. The molecule has 1 fully saturated rings. The van der Waals surface area contributed by atoms with Gasteiger partial charge < -0.3 is 22.1 Å². The molecule has 0 heterocycles. The number of unbranched alkanes of at least 4 members (excludes halogenated alkanes) is 1. The van der Waals surface area contributed by atoms with Gasteiger partial charge in [0.2, 0.25) is 0 Å². The Bertz CT molecular complexity index is 90.6. The van der Waals surface area contributed by atoms with Crippen LogP contribution in [0.3, 0.4) is 0 Å². The highest BCUT2D eigenvalue weighted by molar-refractivity contribution is 7.30. The Hall–Kier alpha value is 0.0700. The van der Waals surface area contributed by atoms with E-state index in [1.165, 1.54) is 38.5 Å². The molecule has 0 bridgehead atoms. The average molecular weight is 230 g/mol. The smallest absolute Gasteiger partial charge is 0.314 e. The third-order valence-electron chi connectivity index (χ3n) is 1.50. The van der Waals surface area contributed by atoms with Crippen LogP contribution in [0.1, 0.15) is 52.4 Å². The lowest BCUT2D eigenvalue weighted by Crippen LogP contribution is -1.85. The Labute approximate surface area is 88.0 Å². The summed E-state index contributed by atoms with van der Waals surface area (Å²) in [4.78, 5) is 14.3. The van der Waals surface area contributed by atoms with Crippen molar-refractivity contribution in [3.05, 3.63) is 0 Å². The second kappa shape index (κ2) is 23.1. The molecule has 0 unspecified atom stereocenters. The van der Waals surface area contributed by atoms with Gasteiger partial charge in [-0.15, -0.1) is 0 Å². The van der Waals surface area contributed by atoms with Gasteiger partial charge in [-0.2, -0.15) is 0 Å². The van der Waals surface area contributed by atoms with Crippen LogP contribution in [0.2, 0.25) is 0 Å². The predicted molar refractivity (Wildman–Crippen MR) is 62.5 cm³/mol. The molecular formula is C8H27N2O3P. The first-order chi connectivity index (χ1) is 5.65. The standard InChI is InChI=1S/C4H8.C4H10.2H3N.H3O3P/c1-2-4-3-1;1-3-4-2;;;1-4(2)3/h1-4H2;3-4H2,1-2H3;2*1H3;4H,(H2,1,2,3). The van der Waals surface area contributed by atoms with Crippen molar-refractivity contribution in [2.24, 2.45) is 0 Å². The van der Waals surface area contributed by atoms with Gasteiger partial charge in [0.1, 0.15) is 0 Å². The SMILES string of the molecule is C1CCC1.CCCC.N.N.O=[PH](O)O. The van der Waals surface area contributed by atoms with E-state index in [0.29, 0.717) is 0 Å². The molecule has 8 N–H and O–H groups in total. The van der Waals surface area contributed by atoms with Gasteiger partial charge in [0.25, 0.3) is 0 Å². The van der Waals surface area contributed by atoms with E-state index in [9.17, 15) is 0 Å². The summed E-state index contributed by atoms with van der Waals surface area (Å²) >= 11 is 0. The van der Waals surface area contributed by atoms with Crippen LogP contribution in [0.4, 0.5) is 0 Å². The van der Waals surface area contributed by atoms with Gasteiger partial charge in [-0.25, -0.2) is 0 Å². The normalized spacial score (nSPS) is 11.5. The van der Waals surface area contributed by atoms with Crippen molar-refractivity contribution in [1.82, 2.24) is 12.3 Å². The fourth-order valence-electron chi connectivity index (χ4n) is 0.250. The molecule has 1 rings (SSSR count). The zero-order chi connectivity index (χ0) is 9.82. The van der Waals surface area contributed by atoms with Crippen molar-refractivity contribution in [1.29, 1.82) is 0 Å². The Morgan fingerprint density at radius 2 is 1.07 bits per heavy atom. The summed E-state index contributed by atoms with van der Waals surface area (Å²) in [5.74, 6) is 0. The fourth-order valence-corrected chi connectivity index (χ4v) is 0.250. The summed E-state index contributed by atoms with van der Waals surface area (Å²) in [6.07, 6.45) is 8.64. The molecule has 6 heteroatoms. The van der Waals surface area contributed by atoms with Gasteiger partial charge in [0, 0.05) is 0 Å². The van der Waals surface area contributed by atoms with Gasteiger partial charge in [0.05, 0.1) is 0 Å². The van der Waals surface area contributed by atoms with Crippen LogP contribution in [-0.2, 0) is 4.57 Å². The van der Waals surface area contributed by atoms with Gasteiger partial charge in [-0.05, 0) is 0 Å². The third-order valence-corrected chi connectivity index (χ3v) is 1.50. The molecular weight excluding hydrogens is 203 g/mol. The highest BCUT2D eigenvalue weighted by Gasteiger charge is 1.95. The van der Waals surface area contributed by atoms with Crippen molar-refractivity contribution in [3.63, 3.8) is 0 Å². The summed E-state index contributed by atoms with van der Waals surface area (Å²) in [5, 5.41) is 0. The van der Waals surface area contributed by atoms with Crippen LogP contribution in [-0.4, -0.2) is 9.79 Å². The molecule has 1 aliphatic carbocycles. The van der Waals surface area contributed by atoms with Crippen LogP contribution in [0.5, 0.6) is 0 Å². The lowest BCUT2D eigenvalue weighted by atomic mass is 10.0. The van der Waals surface area contributed by atoms with E-state index >= 15 is 0 Å². The van der Waals surface area contributed by atoms with Crippen molar-refractivity contribution in [2.75, 3.05) is 0 Å². The van der Waals surface area contributed by atoms with E-state index in [0.717, 1.165) is 0 Å². The topological polar surface area (TPSA) is 128 Å². The Kier molecular flexibility index (Phi) is 39.2. The monoisotopic (exact) mass is 230 g/mol. The van der Waals surface area contributed by atoms with E-state index < -0.39 is 8.25 Å². The minimum atomic E-state index is -3.13. The molecule has 0 radical (unpaired) electrons. The summed E-state index contributed by atoms with van der Waals surface area (Å²) in [5.41, 5.74) is 0. The maximum absolute atomic E-state index is 8.74. The molecule has 0 aliphatic heterocycles. The molecule has 1 saturated carbocycles. The number of rotatable bonds is 1. The maximum Gasteiger partial charge on any atom is 0.314 e. The lowest BCUT2D eigenvalue weighted by Gasteiger charge is -2.05. The fraction of sp³-hybridized carbons (Fsp3) is 1.00. The number of hydrogen-bond donors (Lipinski definition) is 4. The molecule has 0 saturated heterocycles. The van der Waals surface area contributed by atoms with Crippen molar-refractivity contribution >= 4 is 8.25 Å². The average Bonchev–Trinajstić information content (AvgIpc) is 1.82. The first-order valence-corrected chi connectivity index (χ1v) is 5.87. The summed E-state index contributed by atoms with van der Waals surface area (Å²) in [7, 11) is -3.13. The Morgan fingerprint density at radius 1 is 0.929 bits per heavy atom. The molecule has 0 aromatic carbocycles. The van der Waals surface area contributed by atoms with Crippen LogP contribution >= 0.6 is 8.25 Å². The molecule has 0 spiro atoms. The molecule has 14 heavy (non-hydrogen) atoms. The second-order valence-corrected chi connectivity index (χ2v) is 3.26. The van der Waals surface area contributed by atoms with Crippen LogP contribution < -0.4 is 12.3 Å². The first kappa shape index (κ1) is 23.7. The van der Waals surface area contributed by atoms with Gasteiger partial charge in [-0.3, -0.25) is 4.57 Å². The minimum absolute atomic E-state index is 0. The maximum atomic E-state index is 8.74. The largest absolute Gasteiger partial charge is 0.344 e. The summed E-state index contributed by atoms with van der Waals surface area (Å²) in [6, 6.07) is 0. The van der Waals surface area contributed by atoms with E-state index in [-0.39, 0.29) is 12.3 Å². The minimum Gasteiger partial charge on any atom is -0.344 e. The van der Waals surface area contributed by atoms with E-state index in [2.05, 4.69) is 13.8 Å². The highest BCUT2D eigenvalue weighted by atomic mass is 31.1. The molecule has 0 aromatic rings. The molecule has 0 amide bonds. The summed E-state index contributed by atoms with van der Waals surface area (Å²) in [6.45, 7) is 4.36. The number of hydrogen-bond acceptors (Lipinski definition) is 3. The molecule has 92 valence electrons. The zero-order valence-corrected chi connectivity index (χ0v) is 10.5. The first-order valence-electron chi connectivity index (χ1n) is 4.57. The van der Waals surface area contributed by atoms with Crippen molar-refractivity contribution in [3.8, 4) is 0 Å². The van der Waals surface area contributed by atoms with E-state index in [4.69, 9.17) is 14.4 Å². The molecule has 0 atom stereocenters. The second-order valence-electron chi connectivity index (χ2n) is 2.70. The van der Waals surface area contributed by atoms with Gasteiger partial charge in [-0.1, -0.05) is 52.4 Å². The van der Waals surface area contributed by atoms with Crippen molar-refractivity contribution in [2.45, 2.75) is 52.4 Å². The lowest BCUT2D eigenvalue weighted by molar-refractivity contribution is 0.405.